The second-order valence-corrected chi connectivity index (χ2v) is 7.41. The van der Waals surface area contributed by atoms with E-state index in [1.807, 2.05) is 6.92 Å². The highest BCUT2D eigenvalue weighted by Gasteiger charge is 2.35. The zero-order valence-electron chi connectivity index (χ0n) is 10.7. The normalized spacial score (nSPS) is 20.3. The number of rotatable bonds is 4. The number of aromatic nitrogens is 3. The molecule has 1 aromatic heterocycles. The van der Waals surface area contributed by atoms with E-state index in [-0.39, 0.29) is 30.5 Å². The average Bonchev–Trinajstić information content (AvgIpc) is 2.79. The van der Waals surface area contributed by atoms with E-state index in [1.165, 1.54) is 4.90 Å². The Labute approximate surface area is 116 Å². The van der Waals surface area contributed by atoms with Gasteiger partial charge in [0.15, 0.2) is 0 Å². The standard InChI is InChI=1S/C10H15ClN4O3S/c1-3-8-12-10(13-14(8)2)15-5-7(4-9(15)16)6-19(11,17)18/h7H,3-6H2,1-2H3. The maximum Gasteiger partial charge on any atom is 0.251 e. The zero-order chi connectivity index (χ0) is 14.2. The van der Waals surface area contributed by atoms with Gasteiger partial charge in [0.25, 0.3) is 5.95 Å². The molecule has 1 amide bonds. The average molecular weight is 307 g/mol. The van der Waals surface area contributed by atoms with Gasteiger partial charge >= 0.3 is 0 Å². The Morgan fingerprint density at radius 1 is 1.47 bits per heavy atom. The fraction of sp³-hybridized carbons (Fsp3) is 0.700. The Morgan fingerprint density at radius 3 is 2.68 bits per heavy atom. The molecule has 1 aromatic rings. The number of anilines is 1. The number of hydrogen-bond acceptors (Lipinski definition) is 5. The van der Waals surface area contributed by atoms with Crippen molar-refractivity contribution >= 4 is 31.6 Å². The molecule has 2 heterocycles. The summed E-state index contributed by atoms with van der Waals surface area (Å²) in [5.74, 6) is 0.432. The Morgan fingerprint density at radius 2 is 2.16 bits per heavy atom. The summed E-state index contributed by atoms with van der Waals surface area (Å²) >= 11 is 0. The predicted octanol–water partition coefficient (Wildman–Crippen LogP) is 0.299. The minimum atomic E-state index is -3.60. The summed E-state index contributed by atoms with van der Waals surface area (Å²) in [6, 6.07) is 0. The van der Waals surface area contributed by atoms with E-state index in [1.54, 1.807) is 11.7 Å². The van der Waals surface area contributed by atoms with E-state index < -0.39 is 9.05 Å². The fourth-order valence-corrected chi connectivity index (χ4v) is 3.51. The van der Waals surface area contributed by atoms with Gasteiger partial charge in [0.05, 0.1) is 5.75 Å². The van der Waals surface area contributed by atoms with Gasteiger partial charge in [-0.2, -0.15) is 4.98 Å². The van der Waals surface area contributed by atoms with Crippen LogP contribution in [0.4, 0.5) is 5.95 Å². The first-order valence-electron chi connectivity index (χ1n) is 5.92. The van der Waals surface area contributed by atoms with Crippen LogP contribution in [0.3, 0.4) is 0 Å². The third-order valence-electron chi connectivity index (χ3n) is 3.04. The van der Waals surface area contributed by atoms with Gasteiger partial charge in [-0.15, -0.1) is 5.10 Å². The summed E-state index contributed by atoms with van der Waals surface area (Å²) in [7, 11) is 3.38. The quantitative estimate of drug-likeness (QED) is 0.747. The molecular formula is C10H15ClN4O3S. The van der Waals surface area contributed by atoms with Crippen LogP contribution < -0.4 is 4.90 Å². The molecule has 9 heteroatoms. The monoisotopic (exact) mass is 306 g/mol. The van der Waals surface area contributed by atoms with E-state index in [0.29, 0.717) is 12.4 Å². The van der Waals surface area contributed by atoms with Crippen LogP contribution in [-0.4, -0.2) is 41.4 Å². The van der Waals surface area contributed by atoms with E-state index in [9.17, 15) is 13.2 Å². The summed E-state index contributed by atoms with van der Waals surface area (Å²) in [4.78, 5) is 17.6. The van der Waals surface area contributed by atoms with Crippen LogP contribution in [0.25, 0.3) is 0 Å². The van der Waals surface area contributed by atoms with Gasteiger partial charge in [-0.1, -0.05) is 6.92 Å². The molecule has 7 nitrogen and oxygen atoms in total. The molecule has 2 rings (SSSR count). The van der Waals surface area contributed by atoms with E-state index >= 15 is 0 Å². The van der Waals surface area contributed by atoms with Crippen molar-refractivity contribution in [3.05, 3.63) is 5.82 Å². The third-order valence-corrected chi connectivity index (χ3v) is 4.29. The van der Waals surface area contributed by atoms with Crippen molar-refractivity contribution in [1.82, 2.24) is 14.8 Å². The second kappa shape index (κ2) is 5.09. The first kappa shape index (κ1) is 14.3. The Hall–Kier alpha value is -1.15. The Bertz CT molecular complexity index is 598. The molecule has 0 spiro atoms. The molecule has 0 saturated carbocycles. The van der Waals surface area contributed by atoms with Crippen LogP contribution >= 0.6 is 10.7 Å². The molecule has 1 unspecified atom stereocenters. The smallest absolute Gasteiger partial charge is 0.251 e. The molecule has 1 aliphatic heterocycles. The molecule has 0 aliphatic carbocycles. The third kappa shape index (κ3) is 3.24. The van der Waals surface area contributed by atoms with Gasteiger partial charge in [0.2, 0.25) is 15.0 Å². The SMILES string of the molecule is CCc1nc(N2CC(CS(=O)(=O)Cl)CC2=O)nn1C. The molecule has 1 aliphatic rings. The van der Waals surface area contributed by atoms with Crippen LogP contribution in [0.15, 0.2) is 0 Å². The Kier molecular flexibility index (Phi) is 3.82. The zero-order valence-corrected chi connectivity index (χ0v) is 12.3. The maximum atomic E-state index is 11.9. The van der Waals surface area contributed by atoms with Crippen LogP contribution in [0.5, 0.6) is 0 Å². The lowest BCUT2D eigenvalue weighted by molar-refractivity contribution is -0.117. The number of hydrogen-bond donors (Lipinski definition) is 0. The molecule has 0 N–H and O–H groups in total. The number of carbonyl (C=O) groups is 1. The van der Waals surface area contributed by atoms with Crippen LogP contribution in [-0.2, 0) is 27.3 Å². The lowest BCUT2D eigenvalue weighted by Crippen LogP contribution is -2.26. The van der Waals surface area contributed by atoms with Crippen LogP contribution in [0.1, 0.15) is 19.2 Å². The summed E-state index contributed by atoms with van der Waals surface area (Å²) < 4.78 is 23.7. The van der Waals surface area contributed by atoms with Gasteiger partial charge in [-0.25, -0.2) is 8.42 Å². The molecule has 0 aromatic carbocycles. The largest absolute Gasteiger partial charge is 0.279 e. The number of amides is 1. The van der Waals surface area contributed by atoms with Gasteiger partial charge in [-0.05, 0) is 0 Å². The first-order valence-corrected chi connectivity index (χ1v) is 8.40. The second-order valence-electron chi connectivity index (χ2n) is 4.59. The summed E-state index contributed by atoms with van der Waals surface area (Å²) in [6.07, 6.45) is 0.872. The van der Waals surface area contributed by atoms with Crippen molar-refractivity contribution in [3.63, 3.8) is 0 Å². The molecule has 0 bridgehead atoms. The fourth-order valence-electron chi connectivity index (χ4n) is 2.19. The van der Waals surface area contributed by atoms with Crippen molar-refractivity contribution < 1.29 is 13.2 Å². The van der Waals surface area contributed by atoms with Gasteiger partial charge in [0.1, 0.15) is 5.82 Å². The van der Waals surface area contributed by atoms with Crippen molar-refractivity contribution in [3.8, 4) is 0 Å². The molecule has 0 radical (unpaired) electrons. The topological polar surface area (TPSA) is 85.2 Å². The van der Waals surface area contributed by atoms with Crippen LogP contribution in [0, 0.1) is 5.92 Å². The minimum absolute atomic E-state index is 0.158. The van der Waals surface area contributed by atoms with Crippen LogP contribution in [0.2, 0.25) is 0 Å². The van der Waals surface area contributed by atoms with Crippen molar-refractivity contribution in [2.24, 2.45) is 13.0 Å². The molecule has 19 heavy (non-hydrogen) atoms. The molecule has 1 fully saturated rings. The molecular weight excluding hydrogens is 292 g/mol. The Balaban J connectivity index is 2.15. The van der Waals surface area contributed by atoms with Crippen molar-refractivity contribution in [2.45, 2.75) is 19.8 Å². The maximum absolute atomic E-state index is 11.9. The van der Waals surface area contributed by atoms with Crippen molar-refractivity contribution in [2.75, 3.05) is 17.2 Å². The highest BCUT2D eigenvalue weighted by atomic mass is 35.7. The van der Waals surface area contributed by atoms with Gasteiger partial charge in [-0.3, -0.25) is 14.4 Å². The van der Waals surface area contributed by atoms with E-state index in [2.05, 4.69) is 10.1 Å². The lowest BCUT2D eigenvalue weighted by atomic mass is 10.1. The molecule has 106 valence electrons. The molecule has 1 saturated heterocycles. The lowest BCUT2D eigenvalue weighted by Gasteiger charge is -2.11. The number of halogens is 1. The van der Waals surface area contributed by atoms with Gasteiger partial charge in [0, 0.05) is 43.0 Å². The van der Waals surface area contributed by atoms with E-state index in [0.717, 1.165) is 5.82 Å². The highest BCUT2D eigenvalue weighted by Crippen LogP contribution is 2.24. The van der Waals surface area contributed by atoms with E-state index in [4.69, 9.17) is 10.7 Å². The summed E-state index contributed by atoms with van der Waals surface area (Å²) in [6.45, 7) is 2.24. The summed E-state index contributed by atoms with van der Waals surface area (Å²) in [5, 5.41) is 4.17. The van der Waals surface area contributed by atoms with Crippen molar-refractivity contribution in [1.29, 1.82) is 0 Å². The number of nitrogens with zero attached hydrogens (tertiary/aromatic N) is 4. The first-order chi connectivity index (χ1) is 8.80. The minimum Gasteiger partial charge on any atom is -0.279 e. The number of carbonyl (C=O) groups excluding carboxylic acids is 1. The highest BCUT2D eigenvalue weighted by molar-refractivity contribution is 8.13. The molecule has 1 atom stereocenters. The van der Waals surface area contributed by atoms with Gasteiger partial charge < -0.3 is 0 Å². The number of aryl methyl sites for hydroxylation is 2. The predicted molar refractivity (Wildman–Crippen MR) is 70.5 cm³/mol. The summed E-state index contributed by atoms with van der Waals surface area (Å²) in [5.41, 5.74) is 0.